The number of rotatable bonds is 6. The van der Waals surface area contributed by atoms with Crippen LogP contribution in [0.5, 0.6) is 0 Å². The minimum Gasteiger partial charge on any atom is -0.385 e. The second kappa shape index (κ2) is 7.09. The Bertz CT molecular complexity index is 359. The highest BCUT2D eigenvalue weighted by molar-refractivity contribution is 9.10. The van der Waals surface area contributed by atoms with Gasteiger partial charge < -0.3 is 10.1 Å². The van der Waals surface area contributed by atoms with Crippen molar-refractivity contribution < 1.29 is 9.13 Å². The molecule has 1 N–H and O–H groups in total. The van der Waals surface area contributed by atoms with Crippen molar-refractivity contribution in [3.63, 3.8) is 0 Å². The van der Waals surface area contributed by atoms with Crippen molar-refractivity contribution in [1.29, 1.82) is 0 Å². The first kappa shape index (κ1) is 14.6. The summed E-state index contributed by atoms with van der Waals surface area (Å²) in [4.78, 5) is 0. The first-order valence-corrected chi connectivity index (χ1v) is 6.53. The van der Waals surface area contributed by atoms with Crippen LogP contribution in [-0.4, -0.2) is 19.8 Å². The molecule has 0 heterocycles. The van der Waals surface area contributed by atoms with Gasteiger partial charge in [0.25, 0.3) is 0 Å². The molecule has 0 amide bonds. The summed E-state index contributed by atoms with van der Waals surface area (Å²) in [5.74, 6) is -0.222. The van der Waals surface area contributed by atoms with E-state index in [1.54, 1.807) is 13.2 Å². The molecule has 0 spiro atoms. The number of methoxy groups -OCH3 is 1. The van der Waals surface area contributed by atoms with Crippen LogP contribution in [-0.2, 0) is 4.74 Å². The van der Waals surface area contributed by atoms with Gasteiger partial charge in [-0.1, -0.05) is 22.0 Å². The van der Waals surface area contributed by atoms with Crippen LogP contribution in [0.25, 0.3) is 0 Å². The van der Waals surface area contributed by atoms with Crippen LogP contribution < -0.4 is 5.32 Å². The van der Waals surface area contributed by atoms with Crippen LogP contribution >= 0.6 is 15.9 Å². The van der Waals surface area contributed by atoms with Crippen LogP contribution in [0.4, 0.5) is 4.39 Å². The molecule has 0 radical (unpaired) electrons. The normalized spacial score (nSPS) is 14.6. The summed E-state index contributed by atoms with van der Waals surface area (Å²) in [6, 6.07) is 5.32. The van der Waals surface area contributed by atoms with E-state index in [0.717, 1.165) is 23.1 Å². The van der Waals surface area contributed by atoms with E-state index in [9.17, 15) is 4.39 Å². The highest BCUT2D eigenvalue weighted by Gasteiger charge is 2.12. The van der Waals surface area contributed by atoms with Crippen molar-refractivity contribution in [1.82, 2.24) is 5.32 Å². The standard InChI is InChI=1S/C13H19BrFNO/c1-9(6-7-17-3)16-10(2)12-5-4-11(15)8-13(12)14/h4-5,8-10,16H,6-7H2,1-3H3. The molecule has 0 aliphatic rings. The summed E-state index contributed by atoms with van der Waals surface area (Å²) in [7, 11) is 1.70. The van der Waals surface area contributed by atoms with E-state index in [-0.39, 0.29) is 11.9 Å². The van der Waals surface area contributed by atoms with Gasteiger partial charge in [0.05, 0.1) is 0 Å². The lowest BCUT2D eigenvalue weighted by atomic mass is 10.1. The minimum atomic E-state index is -0.222. The van der Waals surface area contributed by atoms with E-state index in [4.69, 9.17) is 4.74 Å². The van der Waals surface area contributed by atoms with Gasteiger partial charge in [0.15, 0.2) is 0 Å². The molecule has 0 aromatic heterocycles. The van der Waals surface area contributed by atoms with Crippen molar-refractivity contribution >= 4 is 15.9 Å². The van der Waals surface area contributed by atoms with Crippen molar-refractivity contribution in [2.24, 2.45) is 0 Å². The second-order valence-electron chi connectivity index (χ2n) is 4.24. The summed E-state index contributed by atoms with van der Waals surface area (Å²) in [5.41, 5.74) is 1.07. The van der Waals surface area contributed by atoms with Crippen LogP contribution in [0.1, 0.15) is 31.9 Å². The Labute approximate surface area is 111 Å². The van der Waals surface area contributed by atoms with E-state index < -0.39 is 0 Å². The lowest BCUT2D eigenvalue weighted by Crippen LogP contribution is -2.30. The molecule has 1 rings (SSSR count). The number of hydrogen-bond acceptors (Lipinski definition) is 2. The topological polar surface area (TPSA) is 21.3 Å². The lowest BCUT2D eigenvalue weighted by Gasteiger charge is -2.21. The van der Waals surface area contributed by atoms with Crippen LogP contribution in [0.3, 0.4) is 0 Å². The molecule has 2 nitrogen and oxygen atoms in total. The van der Waals surface area contributed by atoms with Gasteiger partial charge in [0.2, 0.25) is 0 Å². The Balaban J connectivity index is 2.60. The number of halogens is 2. The van der Waals surface area contributed by atoms with Crippen molar-refractivity contribution in [2.75, 3.05) is 13.7 Å². The number of benzene rings is 1. The van der Waals surface area contributed by atoms with Crippen LogP contribution in [0.2, 0.25) is 0 Å². The predicted octanol–water partition coefficient (Wildman–Crippen LogP) is 3.66. The van der Waals surface area contributed by atoms with Crippen LogP contribution in [0.15, 0.2) is 22.7 Å². The highest BCUT2D eigenvalue weighted by atomic mass is 79.9. The second-order valence-corrected chi connectivity index (χ2v) is 5.09. The molecule has 0 aliphatic heterocycles. The fourth-order valence-electron chi connectivity index (χ4n) is 1.75. The van der Waals surface area contributed by atoms with Gasteiger partial charge in [0, 0.05) is 30.3 Å². The molecule has 1 aromatic carbocycles. The highest BCUT2D eigenvalue weighted by Crippen LogP contribution is 2.24. The summed E-state index contributed by atoms with van der Waals surface area (Å²) in [6.45, 7) is 4.93. The Kier molecular flexibility index (Phi) is 6.09. The van der Waals surface area contributed by atoms with E-state index in [1.165, 1.54) is 12.1 Å². The zero-order valence-electron chi connectivity index (χ0n) is 10.5. The lowest BCUT2D eigenvalue weighted by molar-refractivity contribution is 0.183. The van der Waals surface area contributed by atoms with E-state index in [0.29, 0.717) is 6.04 Å². The molecule has 0 bridgehead atoms. The van der Waals surface area contributed by atoms with Gasteiger partial charge in [-0.05, 0) is 38.0 Å². The van der Waals surface area contributed by atoms with Crippen molar-refractivity contribution in [3.05, 3.63) is 34.1 Å². The van der Waals surface area contributed by atoms with Gasteiger partial charge in [-0.2, -0.15) is 0 Å². The smallest absolute Gasteiger partial charge is 0.124 e. The average Bonchev–Trinajstić information content (AvgIpc) is 2.26. The molecular formula is C13H19BrFNO. The Morgan fingerprint density at radius 2 is 2.12 bits per heavy atom. The molecule has 0 aliphatic carbocycles. The molecular weight excluding hydrogens is 285 g/mol. The average molecular weight is 304 g/mol. The van der Waals surface area contributed by atoms with Gasteiger partial charge in [0.1, 0.15) is 5.82 Å². The third kappa shape index (κ3) is 4.74. The first-order valence-electron chi connectivity index (χ1n) is 5.74. The van der Waals surface area contributed by atoms with Crippen molar-refractivity contribution in [2.45, 2.75) is 32.4 Å². The maximum atomic E-state index is 13.0. The van der Waals surface area contributed by atoms with E-state index in [2.05, 4.69) is 35.1 Å². The summed E-state index contributed by atoms with van der Waals surface area (Å²) in [5, 5.41) is 3.46. The molecule has 0 fully saturated rings. The Morgan fingerprint density at radius 1 is 1.41 bits per heavy atom. The van der Waals surface area contributed by atoms with E-state index >= 15 is 0 Å². The fourth-order valence-corrected chi connectivity index (χ4v) is 2.44. The fraction of sp³-hybridized carbons (Fsp3) is 0.538. The summed E-state index contributed by atoms with van der Waals surface area (Å²) in [6.07, 6.45) is 0.958. The third-order valence-corrected chi connectivity index (χ3v) is 3.41. The Morgan fingerprint density at radius 3 is 2.71 bits per heavy atom. The summed E-state index contributed by atoms with van der Waals surface area (Å²) < 4.78 is 18.8. The van der Waals surface area contributed by atoms with Crippen molar-refractivity contribution in [3.8, 4) is 0 Å². The third-order valence-electron chi connectivity index (χ3n) is 2.72. The summed E-state index contributed by atoms with van der Waals surface area (Å²) >= 11 is 3.39. The molecule has 17 heavy (non-hydrogen) atoms. The monoisotopic (exact) mass is 303 g/mol. The molecule has 2 atom stereocenters. The Hall–Kier alpha value is -0.450. The molecule has 1 aromatic rings. The van der Waals surface area contributed by atoms with Gasteiger partial charge >= 0.3 is 0 Å². The zero-order chi connectivity index (χ0) is 12.8. The zero-order valence-corrected chi connectivity index (χ0v) is 12.1. The number of ether oxygens (including phenoxy) is 1. The quantitative estimate of drug-likeness (QED) is 0.866. The van der Waals surface area contributed by atoms with Gasteiger partial charge in [-0.25, -0.2) is 4.39 Å². The predicted molar refractivity (Wildman–Crippen MR) is 71.6 cm³/mol. The number of hydrogen-bond donors (Lipinski definition) is 1. The molecule has 96 valence electrons. The SMILES string of the molecule is COCCC(C)NC(C)c1ccc(F)cc1Br. The number of nitrogens with one attached hydrogen (secondary N) is 1. The largest absolute Gasteiger partial charge is 0.385 e. The van der Waals surface area contributed by atoms with Crippen LogP contribution in [0, 0.1) is 5.82 Å². The maximum Gasteiger partial charge on any atom is 0.124 e. The van der Waals surface area contributed by atoms with Gasteiger partial charge in [-0.15, -0.1) is 0 Å². The maximum absolute atomic E-state index is 13.0. The molecule has 2 unspecified atom stereocenters. The first-order chi connectivity index (χ1) is 8.04. The van der Waals surface area contributed by atoms with Gasteiger partial charge in [-0.3, -0.25) is 0 Å². The molecule has 0 saturated heterocycles. The minimum absolute atomic E-state index is 0.178. The molecule has 0 saturated carbocycles. The van der Waals surface area contributed by atoms with E-state index in [1.807, 2.05) is 0 Å². The molecule has 4 heteroatoms.